The van der Waals surface area contributed by atoms with Gasteiger partial charge in [0, 0.05) is 12.1 Å². The van der Waals surface area contributed by atoms with Gasteiger partial charge in [0.25, 0.3) is 0 Å². The minimum absolute atomic E-state index is 0.336. The largest absolute Gasteiger partial charge is 0.480 e. The van der Waals surface area contributed by atoms with Crippen molar-refractivity contribution in [1.29, 1.82) is 0 Å². The fourth-order valence-corrected chi connectivity index (χ4v) is 1.93. The van der Waals surface area contributed by atoms with E-state index in [0.29, 0.717) is 5.02 Å². The summed E-state index contributed by atoms with van der Waals surface area (Å²) in [5.41, 5.74) is 0.752. The van der Waals surface area contributed by atoms with Crippen molar-refractivity contribution in [2.75, 3.05) is 13.7 Å². The molecule has 3 N–H and O–H groups in total. The monoisotopic (exact) mass is 300 g/mol. The number of carboxylic acids is 1. The standard InChI is InChI=1S/C13H17ClN2O4/c1-8(9-5-3-4-6-10(9)14)16(2)13(20)15-11(7-17)12(18)19/h3-6,8,11,17H,7H2,1-2H3,(H,15,20)(H,18,19). The molecule has 0 aliphatic heterocycles. The van der Waals surface area contributed by atoms with Gasteiger partial charge in [-0.3, -0.25) is 0 Å². The second kappa shape index (κ2) is 7.12. The fourth-order valence-electron chi connectivity index (χ4n) is 1.63. The number of nitrogens with one attached hydrogen (secondary N) is 1. The van der Waals surface area contributed by atoms with Crippen LogP contribution in [0.3, 0.4) is 0 Å². The maximum atomic E-state index is 11.9. The van der Waals surface area contributed by atoms with Crippen molar-refractivity contribution < 1.29 is 19.8 Å². The molecule has 1 rings (SSSR count). The molecule has 0 aliphatic carbocycles. The summed E-state index contributed by atoms with van der Waals surface area (Å²) in [6.07, 6.45) is 0. The minimum atomic E-state index is -1.33. The highest BCUT2D eigenvalue weighted by atomic mass is 35.5. The number of carboxylic acid groups (broad SMARTS) is 1. The molecule has 2 amide bonds. The van der Waals surface area contributed by atoms with Gasteiger partial charge in [-0.15, -0.1) is 0 Å². The summed E-state index contributed by atoms with van der Waals surface area (Å²) >= 11 is 6.06. The Hall–Kier alpha value is -1.79. The molecule has 0 bridgehead atoms. The van der Waals surface area contributed by atoms with Crippen LogP contribution in [0.5, 0.6) is 0 Å². The zero-order chi connectivity index (χ0) is 15.3. The number of carbonyl (C=O) groups is 2. The van der Waals surface area contributed by atoms with Gasteiger partial charge in [-0.25, -0.2) is 9.59 Å². The Kier molecular flexibility index (Phi) is 5.79. The van der Waals surface area contributed by atoms with Crippen molar-refractivity contribution in [1.82, 2.24) is 10.2 Å². The maximum absolute atomic E-state index is 11.9. The first-order valence-electron chi connectivity index (χ1n) is 6.00. The van der Waals surface area contributed by atoms with E-state index < -0.39 is 24.6 Å². The van der Waals surface area contributed by atoms with Crippen LogP contribution in [-0.4, -0.2) is 46.8 Å². The van der Waals surface area contributed by atoms with Gasteiger partial charge in [0.1, 0.15) is 0 Å². The van der Waals surface area contributed by atoms with E-state index in [4.69, 9.17) is 21.8 Å². The summed E-state index contributed by atoms with van der Waals surface area (Å²) in [4.78, 5) is 24.0. The van der Waals surface area contributed by atoms with Gasteiger partial charge >= 0.3 is 12.0 Å². The molecular formula is C13H17ClN2O4. The molecule has 1 aromatic rings. The molecule has 20 heavy (non-hydrogen) atoms. The van der Waals surface area contributed by atoms with Crippen LogP contribution in [-0.2, 0) is 4.79 Å². The van der Waals surface area contributed by atoms with Crippen molar-refractivity contribution in [3.05, 3.63) is 34.9 Å². The molecular weight excluding hydrogens is 284 g/mol. The van der Waals surface area contributed by atoms with E-state index in [-0.39, 0.29) is 6.04 Å². The Labute approximate surface area is 122 Å². The molecule has 0 saturated carbocycles. The molecule has 1 aromatic carbocycles. The highest BCUT2D eigenvalue weighted by Crippen LogP contribution is 2.26. The average Bonchev–Trinajstić information content (AvgIpc) is 2.43. The number of amides is 2. The highest BCUT2D eigenvalue weighted by Gasteiger charge is 2.24. The molecule has 2 unspecified atom stereocenters. The Bertz CT molecular complexity index is 495. The lowest BCUT2D eigenvalue weighted by Crippen LogP contribution is -2.48. The molecule has 0 radical (unpaired) electrons. The van der Waals surface area contributed by atoms with Gasteiger partial charge in [-0.2, -0.15) is 0 Å². The van der Waals surface area contributed by atoms with Gasteiger partial charge in [0.2, 0.25) is 0 Å². The molecule has 6 nitrogen and oxygen atoms in total. The van der Waals surface area contributed by atoms with Crippen LogP contribution in [0.4, 0.5) is 4.79 Å². The number of aliphatic hydroxyl groups excluding tert-OH is 1. The van der Waals surface area contributed by atoms with E-state index in [0.717, 1.165) is 5.56 Å². The summed E-state index contributed by atoms with van der Waals surface area (Å²) in [6, 6.07) is 4.83. The second-order valence-corrected chi connectivity index (χ2v) is 4.74. The Balaban J connectivity index is 2.79. The summed E-state index contributed by atoms with van der Waals surface area (Å²) in [6.45, 7) is 1.10. The molecule has 0 aliphatic rings. The van der Waals surface area contributed by atoms with E-state index in [9.17, 15) is 9.59 Å². The number of nitrogens with zero attached hydrogens (tertiary/aromatic N) is 1. The lowest BCUT2D eigenvalue weighted by Gasteiger charge is -2.27. The number of carbonyl (C=O) groups excluding carboxylic acids is 1. The third-order valence-corrected chi connectivity index (χ3v) is 3.38. The molecule has 0 spiro atoms. The van der Waals surface area contributed by atoms with Crippen molar-refractivity contribution in [2.45, 2.75) is 19.0 Å². The molecule has 0 fully saturated rings. The van der Waals surface area contributed by atoms with Crippen LogP contribution < -0.4 is 5.32 Å². The van der Waals surface area contributed by atoms with Gasteiger partial charge in [0.05, 0.1) is 12.6 Å². The van der Waals surface area contributed by atoms with Crippen LogP contribution in [0.2, 0.25) is 5.02 Å². The number of hydrogen-bond acceptors (Lipinski definition) is 3. The lowest BCUT2D eigenvalue weighted by atomic mass is 10.1. The average molecular weight is 301 g/mol. The van der Waals surface area contributed by atoms with E-state index in [1.165, 1.54) is 11.9 Å². The predicted molar refractivity (Wildman–Crippen MR) is 74.7 cm³/mol. The quantitative estimate of drug-likeness (QED) is 0.768. The first kappa shape index (κ1) is 16.3. The van der Waals surface area contributed by atoms with E-state index in [2.05, 4.69) is 5.32 Å². The summed E-state index contributed by atoms with van der Waals surface area (Å²) in [5, 5.41) is 20.4. The van der Waals surface area contributed by atoms with Crippen LogP contribution in [0.15, 0.2) is 24.3 Å². The smallest absolute Gasteiger partial charge is 0.328 e. The molecule has 2 atom stereocenters. The first-order chi connectivity index (χ1) is 9.38. The van der Waals surface area contributed by atoms with Crippen molar-refractivity contribution in [3.63, 3.8) is 0 Å². The van der Waals surface area contributed by atoms with Gasteiger partial charge in [0.15, 0.2) is 6.04 Å². The number of urea groups is 1. The number of halogens is 1. The van der Waals surface area contributed by atoms with E-state index >= 15 is 0 Å². The number of hydrogen-bond donors (Lipinski definition) is 3. The molecule has 7 heteroatoms. The first-order valence-corrected chi connectivity index (χ1v) is 6.37. The van der Waals surface area contributed by atoms with Gasteiger partial charge in [-0.05, 0) is 18.6 Å². The summed E-state index contributed by atoms with van der Waals surface area (Å²) < 4.78 is 0. The SMILES string of the molecule is CC(c1ccccc1Cl)N(C)C(=O)NC(CO)C(=O)O. The maximum Gasteiger partial charge on any atom is 0.328 e. The summed E-state index contributed by atoms with van der Waals surface area (Å²) in [7, 11) is 1.53. The molecule has 0 heterocycles. The van der Waals surface area contributed by atoms with Crippen LogP contribution in [0, 0.1) is 0 Å². The van der Waals surface area contributed by atoms with E-state index in [1.54, 1.807) is 31.2 Å². The van der Waals surface area contributed by atoms with Crippen molar-refractivity contribution in [3.8, 4) is 0 Å². The van der Waals surface area contributed by atoms with Crippen molar-refractivity contribution in [2.24, 2.45) is 0 Å². The Morgan fingerprint density at radius 1 is 1.40 bits per heavy atom. The third kappa shape index (κ3) is 3.85. The number of benzene rings is 1. The zero-order valence-electron chi connectivity index (χ0n) is 11.2. The van der Waals surface area contributed by atoms with Crippen LogP contribution >= 0.6 is 11.6 Å². The van der Waals surface area contributed by atoms with Crippen LogP contribution in [0.1, 0.15) is 18.5 Å². The van der Waals surface area contributed by atoms with Crippen molar-refractivity contribution >= 4 is 23.6 Å². The molecule has 0 saturated heterocycles. The predicted octanol–water partition coefficient (Wildman–Crippen LogP) is 1.49. The number of aliphatic carboxylic acids is 1. The van der Waals surface area contributed by atoms with E-state index in [1.807, 2.05) is 0 Å². The fraction of sp³-hybridized carbons (Fsp3) is 0.385. The number of rotatable bonds is 5. The Morgan fingerprint density at radius 2 is 2.00 bits per heavy atom. The minimum Gasteiger partial charge on any atom is -0.480 e. The molecule has 0 aromatic heterocycles. The molecule has 110 valence electrons. The highest BCUT2D eigenvalue weighted by molar-refractivity contribution is 6.31. The topological polar surface area (TPSA) is 89.9 Å². The normalized spacial score (nSPS) is 13.4. The lowest BCUT2D eigenvalue weighted by molar-refractivity contribution is -0.140. The zero-order valence-corrected chi connectivity index (χ0v) is 12.0. The van der Waals surface area contributed by atoms with Gasteiger partial charge in [-0.1, -0.05) is 29.8 Å². The second-order valence-electron chi connectivity index (χ2n) is 4.33. The van der Waals surface area contributed by atoms with Gasteiger partial charge < -0.3 is 20.4 Å². The number of aliphatic hydroxyl groups is 1. The third-order valence-electron chi connectivity index (χ3n) is 3.03. The summed E-state index contributed by atoms with van der Waals surface area (Å²) in [5.74, 6) is -1.29. The van der Waals surface area contributed by atoms with Crippen LogP contribution in [0.25, 0.3) is 0 Å². The Morgan fingerprint density at radius 3 is 2.50 bits per heavy atom.